The van der Waals surface area contributed by atoms with Gasteiger partial charge in [0.1, 0.15) is 11.8 Å². The zero-order valence-electron chi connectivity index (χ0n) is 11.6. The molecule has 0 spiro atoms. The fraction of sp³-hybridized carbons (Fsp3) is 0.615. The number of nitrogen functional groups attached to an aromatic ring is 1. The molecular weight excluding hydrogens is 254 g/mol. The standard InChI is InChI=1S/C13H21N7/c14-12-11-13(17-9-16-12)20(10-18-11)7-2-6-19-5-1-3-15-4-8-19/h9-10,15H,1-8H2,(H2,14,16,17). The Morgan fingerprint density at radius 1 is 1.15 bits per heavy atom. The lowest BCUT2D eigenvalue weighted by atomic mass is 10.3. The number of aryl methyl sites for hydroxylation is 1. The third-order valence-electron chi connectivity index (χ3n) is 3.74. The van der Waals surface area contributed by atoms with Crippen molar-refractivity contribution >= 4 is 17.0 Å². The Morgan fingerprint density at radius 2 is 2.10 bits per heavy atom. The van der Waals surface area contributed by atoms with Gasteiger partial charge in [0, 0.05) is 19.6 Å². The number of anilines is 1. The fourth-order valence-electron chi connectivity index (χ4n) is 2.65. The Kier molecular flexibility index (Phi) is 4.08. The lowest BCUT2D eigenvalue weighted by molar-refractivity contribution is 0.283. The van der Waals surface area contributed by atoms with Crippen LogP contribution in [0.3, 0.4) is 0 Å². The number of hydrogen-bond donors (Lipinski definition) is 2. The van der Waals surface area contributed by atoms with Crippen LogP contribution in [-0.2, 0) is 6.54 Å². The molecule has 0 unspecified atom stereocenters. The predicted octanol–water partition coefficient (Wildman–Crippen LogP) is 0.0939. The summed E-state index contributed by atoms with van der Waals surface area (Å²) in [7, 11) is 0. The second-order valence-electron chi connectivity index (χ2n) is 5.17. The highest BCUT2D eigenvalue weighted by molar-refractivity contribution is 5.80. The molecule has 0 radical (unpaired) electrons. The molecule has 0 atom stereocenters. The van der Waals surface area contributed by atoms with Gasteiger partial charge in [-0.25, -0.2) is 15.0 Å². The van der Waals surface area contributed by atoms with Gasteiger partial charge in [-0.3, -0.25) is 0 Å². The van der Waals surface area contributed by atoms with Crippen molar-refractivity contribution in [1.82, 2.24) is 29.7 Å². The van der Waals surface area contributed by atoms with Gasteiger partial charge in [-0.1, -0.05) is 0 Å². The van der Waals surface area contributed by atoms with Crippen molar-refractivity contribution in [2.75, 3.05) is 38.5 Å². The summed E-state index contributed by atoms with van der Waals surface area (Å²) >= 11 is 0. The Hall–Kier alpha value is -1.73. The molecule has 0 aliphatic carbocycles. The van der Waals surface area contributed by atoms with Crippen LogP contribution < -0.4 is 11.1 Å². The van der Waals surface area contributed by atoms with E-state index in [4.69, 9.17) is 5.73 Å². The number of nitrogens with zero attached hydrogens (tertiary/aromatic N) is 5. The number of rotatable bonds is 4. The average Bonchev–Trinajstić information content (AvgIpc) is 2.70. The molecule has 2 aromatic heterocycles. The molecule has 0 saturated carbocycles. The molecule has 7 heteroatoms. The minimum absolute atomic E-state index is 0.451. The van der Waals surface area contributed by atoms with E-state index < -0.39 is 0 Å². The van der Waals surface area contributed by atoms with E-state index in [0.29, 0.717) is 11.3 Å². The predicted molar refractivity (Wildman–Crippen MR) is 78.3 cm³/mol. The van der Waals surface area contributed by atoms with Crippen LogP contribution in [0.2, 0.25) is 0 Å². The van der Waals surface area contributed by atoms with Crippen molar-refractivity contribution in [2.24, 2.45) is 0 Å². The third kappa shape index (κ3) is 2.88. The zero-order valence-corrected chi connectivity index (χ0v) is 11.6. The van der Waals surface area contributed by atoms with Crippen LogP contribution in [0.15, 0.2) is 12.7 Å². The van der Waals surface area contributed by atoms with Crippen LogP contribution in [0.4, 0.5) is 5.82 Å². The number of fused-ring (bicyclic) bond motifs is 1. The Balaban J connectivity index is 1.58. The first kappa shape index (κ1) is 13.3. The van der Waals surface area contributed by atoms with Gasteiger partial charge in [0.15, 0.2) is 11.5 Å². The third-order valence-corrected chi connectivity index (χ3v) is 3.74. The Morgan fingerprint density at radius 3 is 3.05 bits per heavy atom. The van der Waals surface area contributed by atoms with Crippen molar-refractivity contribution in [3.63, 3.8) is 0 Å². The van der Waals surface area contributed by atoms with E-state index in [9.17, 15) is 0 Å². The molecular formula is C13H21N7. The minimum atomic E-state index is 0.451. The summed E-state index contributed by atoms with van der Waals surface area (Å²) in [6, 6.07) is 0. The number of aromatic nitrogens is 4. The van der Waals surface area contributed by atoms with Crippen LogP contribution in [-0.4, -0.2) is 57.1 Å². The van der Waals surface area contributed by atoms with E-state index in [0.717, 1.165) is 44.8 Å². The van der Waals surface area contributed by atoms with Gasteiger partial charge < -0.3 is 20.5 Å². The second kappa shape index (κ2) is 6.15. The van der Waals surface area contributed by atoms with Crippen molar-refractivity contribution in [2.45, 2.75) is 19.4 Å². The molecule has 7 nitrogen and oxygen atoms in total. The molecule has 0 bridgehead atoms. The summed E-state index contributed by atoms with van der Waals surface area (Å²) in [5, 5.41) is 3.42. The molecule has 3 rings (SSSR count). The monoisotopic (exact) mass is 275 g/mol. The van der Waals surface area contributed by atoms with E-state index in [-0.39, 0.29) is 0 Å². The van der Waals surface area contributed by atoms with Crippen LogP contribution in [0.5, 0.6) is 0 Å². The summed E-state index contributed by atoms with van der Waals surface area (Å²) in [4.78, 5) is 15.0. The molecule has 3 N–H and O–H groups in total. The maximum absolute atomic E-state index is 5.79. The van der Waals surface area contributed by atoms with Crippen LogP contribution in [0.25, 0.3) is 11.2 Å². The largest absolute Gasteiger partial charge is 0.382 e. The summed E-state index contributed by atoms with van der Waals surface area (Å²) in [6.07, 6.45) is 5.63. The van der Waals surface area contributed by atoms with Crippen LogP contribution in [0.1, 0.15) is 12.8 Å². The highest BCUT2D eigenvalue weighted by Gasteiger charge is 2.10. The van der Waals surface area contributed by atoms with Crippen molar-refractivity contribution < 1.29 is 0 Å². The molecule has 1 fully saturated rings. The Bertz CT molecular complexity index is 557. The lowest BCUT2D eigenvalue weighted by Gasteiger charge is -2.19. The van der Waals surface area contributed by atoms with Gasteiger partial charge in [-0.15, -0.1) is 0 Å². The van der Waals surface area contributed by atoms with E-state index >= 15 is 0 Å². The maximum atomic E-state index is 5.79. The quantitative estimate of drug-likeness (QED) is 0.823. The van der Waals surface area contributed by atoms with E-state index in [2.05, 4.69) is 29.7 Å². The number of imidazole rings is 1. The first-order chi connectivity index (χ1) is 9.84. The number of nitrogens with two attached hydrogens (primary N) is 1. The molecule has 0 aromatic carbocycles. The molecule has 1 aliphatic rings. The smallest absolute Gasteiger partial charge is 0.165 e. The highest BCUT2D eigenvalue weighted by atomic mass is 15.2. The fourth-order valence-corrected chi connectivity index (χ4v) is 2.65. The number of nitrogens with one attached hydrogen (secondary N) is 1. The molecule has 20 heavy (non-hydrogen) atoms. The first-order valence-electron chi connectivity index (χ1n) is 7.19. The van der Waals surface area contributed by atoms with E-state index in [1.54, 1.807) is 6.33 Å². The zero-order chi connectivity index (χ0) is 13.8. The maximum Gasteiger partial charge on any atom is 0.165 e. The summed E-state index contributed by atoms with van der Waals surface area (Å²) < 4.78 is 2.06. The molecule has 2 aromatic rings. The lowest BCUT2D eigenvalue weighted by Crippen LogP contribution is -2.29. The van der Waals surface area contributed by atoms with Gasteiger partial charge in [-0.05, 0) is 32.5 Å². The van der Waals surface area contributed by atoms with E-state index in [1.165, 1.54) is 19.3 Å². The van der Waals surface area contributed by atoms with Gasteiger partial charge in [-0.2, -0.15) is 0 Å². The van der Waals surface area contributed by atoms with Crippen molar-refractivity contribution in [3.05, 3.63) is 12.7 Å². The molecule has 3 heterocycles. The van der Waals surface area contributed by atoms with Crippen LogP contribution >= 0.6 is 0 Å². The van der Waals surface area contributed by atoms with Gasteiger partial charge in [0.25, 0.3) is 0 Å². The molecule has 1 saturated heterocycles. The molecule has 1 aliphatic heterocycles. The highest BCUT2D eigenvalue weighted by Crippen LogP contribution is 2.14. The second-order valence-corrected chi connectivity index (χ2v) is 5.17. The van der Waals surface area contributed by atoms with E-state index in [1.807, 2.05) is 0 Å². The SMILES string of the molecule is Nc1ncnc2c1ncn2CCCN1CCCNCC1. The van der Waals surface area contributed by atoms with Crippen molar-refractivity contribution in [1.29, 1.82) is 0 Å². The topological polar surface area (TPSA) is 84.9 Å². The van der Waals surface area contributed by atoms with Gasteiger partial charge >= 0.3 is 0 Å². The normalized spacial score (nSPS) is 17.4. The van der Waals surface area contributed by atoms with Gasteiger partial charge in [0.2, 0.25) is 0 Å². The number of hydrogen-bond acceptors (Lipinski definition) is 6. The average molecular weight is 275 g/mol. The summed E-state index contributed by atoms with van der Waals surface area (Å²) in [6.45, 7) is 6.59. The molecule has 0 amide bonds. The minimum Gasteiger partial charge on any atom is -0.382 e. The van der Waals surface area contributed by atoms with Gasteiger partial charge in [0.05, 0.1) is 6.33 Å². The summed E-state index contributed by atoms with van der Waals surface area (Å²) in [5.74, 6) is 0.451. The Labute approximate surface area is 118 Å². The summed E-state index contributed by atoms with van der Waals surface area (Å²) in [5.41, 5.74) is 7.32. The first-order valence-corrected chi connectivity index (χ1v) is 7.19. The molecule has 108 valence electrons. The van der Waals surface area contributed by atoms with Crippen molar-refractivity contribution in [3.8, 4) is 0 Å². The van der Waals surface area contributed by atoms with Crippen LogP contribution in [0, 0.1) is 0 Å².